The number of nitrogens with one attached hydrogen (secondary N) is 1. The van der Waals surface area contributed by atoms with E-state index in [1.807, 2.05) is 41.8 Å². The Labute approximate surface area is 146 Å². The van der Waals surface area contributed by atoms with Gasteiger partial charge in [0.05, 0.1) is 0 Å². The van der Waals surface area contributed by atoms with Gasteiger partial charge in [-0.1, -0.05) is 39.7 Å². The Kier molecular flexibility index (Phi) is 4.78. The van der Waals surface area contributed by atoms with Crippen molar-refractivity contribution >= 4 is 49.7 Å². The highest BCUT2D eigenvalue weighted by Gasteiger charge is 2.14. The molecule has 0 amide bonds. The number of hydrogen-bond donors (Lipinski definition) is 2. The Morgan fingerprint density at radius 3 is 2.86 bits per heavy atom. The van der Waals surface area contributed by atoms with E-state index in [0.717, 1.165) is 32.0 Å². The smallest absolute Gasteiger partial charge is 0.187 e. The maximum Gasteiger partial charge on any atom is 0.187 e. The molecular weight excluding hydrogens is 382 g/mol. The van der Waals surface area contributed by atoms with E-state index in [2.05, 4.69) is 26.2 Å². The molecule has 3 N–H and O–H groups in total. The van der Waals surface area contributed by atoms with Crippen LogP contribution in [-0.4, -0.2) is 4.98 Å². The fourth-order valence-electron chi connectivity index (χ4n) is 2.27. The predicted octanol–water partition coefficient (Wildman–Crippen LogP) is 5.43. The van der Waals surface area contributed by atoms with Crippen LogP contribution in [0.5, 0.6) is 0 Å². The van der Waals surface area contributed by atoms with Crippen molar-refractivity contribution in [2.45, 2.75) is 6.54 Å². The minimum atomic E-state index is 0.430. The van der Waals surface area contributed by atoms with Gasteiger partial charge < -0.3 is 11.1 Å². The van der Waals surface area contributed by atoms with E-state index >= 15 is 0 Å². The maximum absolute atomic E-state index is 6.44. The summed E-state index contributed by atoms with van der Waals surface area (Å²) in [4.78, 5) is 4.27. The van der Waals surface area contributed by atoms with E-state index in [0.29, 0.717) is 11.6 Å². The van der Waals surface area contributed by atoms with Gasteiger partial charge >= 0.3 is 0 Å². The molecule has 0 aliphatic rings. The van der Waals surface area contributed by atoms with Crippen LogP contribution >= 0.6 is 38.9 Å². The van der Waals surface area contributed by atoms with E-state index in [-0.39, 0.29) is 0 Å². The summed E-state index contributed by atoms with van der Waals surface area (Å²) in [6.07, 6.45) is 1.77. The topological polar surface area (TPSA) is 50.9 Å². The quantitative estimate of drug-likeness (QED) is 0.620. The number of hydrogen-bond acceptors (Lipinski definition) is 4. The highest BCUT2D eigenvalue weighted by molar-refractivity contribution is 9.10. The first-order valence-electron chi connectivity index (χ1n) is 6.63. The second kappa shape index (κ2) is 6.79. The molecule has 1 aromatic heterocycles. The van der Waals surface area contributed by atoms with Crippen LogP contribution in [0.2, 0.25) is 5.02 Å². The highest BCUT2D eigenvalue weighted by Crippen LogP contribution is 2.39. The molecule has 3 rings (SSSR count). The molecule has 6 heteroatoms. The largest absolute Gasteiger partial charge is 0.331 e. The first-order chi connectivity index (χ1) is 10.7. The third kappa shape index (κ3) is 3.17. The first kappa shape index (κ1) is 15.5. The summed E-state index contributed by atoms with van der Waals surface area (Å²) < 4.78 is 0.982. The van der Waals surface area contributed by atoms with Gasteiger partial charge in [0.25, 0.3) is 0 Å². The monoisotopic (exact) mass is 393 g/mol. The van der Waals surface area contributed by atoms with Gasteiger partial charge in [0, 0.05) is 44.4 Å². The van der Waals surface area contributed by atoms with Crippen molar-refractivity contribution in [3.63, 3.8) is 0 Å². The fourth-order valence-corrected chi connectivity index (χ4v) is 3.47. The van der Waals surface area contributed by atoms with Crippen LogP contribution in [0.25, 0.3) is 11.1 Å². The molecule has 0 aliphatic carbocycles. The molecule has 3 aromatic rings. The third-order valence-electron chi connectivity index (χ3n) is 3.24. The van der Waals surface area contributed by atoms with Crippen LogP contribution in [0.15, 0.2) is 52.4 Å². The van der Waals surface area contributed by atoms with Gasteiger partial charge in [0.1, 0.15) is 0 Å². The van der Waals surface area contributed by atoms with Gasteiger partial charge in [-0.2, -0.15) is 0 Å². The lowest BCUT2D eigenvalue weighted by molar-refractivity contribution is 1.07. The summed E-state index contributed by atoms with van der Waals surface area (Å²) >= 11 is 11.5. The molecule has 0 unspecified atom stereocenters. The molecule has 22 heavy (non-hydrogen) atoms. The van der Waals surface area contributed by atoms with E-state index in [4.69, 9.17) is 17.3 Å². The van der Waals surface area contributed by atoms with Gasteiger partial charge in [0.2, 0.25) is 0 Å². The molecule has 0 radical (unpaired) electrons. The molecule has 0 spiro atoms. The average molecular weight is 395 g/mol. The van der Waals surface area contributed by atoms with Gasteiger partial charge in [-0.05, 0) is 29.8 Å². The van der Waals surface area contributed by atoms with Crippen molar-refractivity contribution < 1.29 is 0 Å². The number of rotatable bonds is 4. The molecule has 0 atom stereocenters. The van der Waals surface area contributed by atoms with Crippen molar-refractivity contribution in [2.24, 2.45) is 5.73 Å². The van der Waals surface area contributed by atoms with Gasteiger partial charge in [-0.15, -0.1) is 11.3 Å². The summed E-state index contributed by atoms with van der Waals surface area (Å²) in [5.41, 5.74) is 9.78. The van der Waals surface area contributed by atoms with Crippen LogP contribution in [0.3, 0.4) is 0 Å². The lowest BCUT2D eigenvalue weighted by Gasteiger charge is -2.15. The highest BCUT2D eigenvalue weighted by atomic mass is 79.9. The summed E-state index contributed by atoms with van der Waals surface area (Å²) in [6.45, 7) is 0.430. The fraction of sp³-hybridized carbons (Fsp3) is 0.0625. The second-order valence-corrected chi connectivity index (χ2v) is 6.85. The van der Waals surface area contributed by atoms with E-state index in [9.17, 15) is 0 Å². The summed E-state index contributed by atoms with van der Waals surface area (Å²) in [5, 5.41) is 6.80. The molecule has 2 aromatic carbocycles. The molecule has 0 saturated heterocycles. The van der Waals surface area contributed by atoms with Crippen molar-refractivity contribution in [1.29, 1.82) is 0 Å². The van der Waals surface area contributed by atoms with Crippen LogP contribution in [-0.2, 0) is 6.54 Å². The first-order valence-corrected chi connectivity index (χ1v) is 8.68. The zero-order chi connectivity index (χ0) is 15.5. The van der Waals surface area contributed by atoms with Crippen LogP contribution in [0.1, 0.15) is 5.56 Å². The number of nitrogens with two attached hydrogens (primary N) is 1. The average Bonchev–Trinajstić information content (AvgIpc) is 3.02. The lowest BCUT2D eigenvalue weighted by Crippen LogP contribution is -2.01. The minimum Gasteiger partial charge on any atom is -0.331 e. The van der Waals surface area contributed by atoms with E-state index in [1.54, 1.807) is 17.5 Å². The third-order valence-corrected chi connectivity index (χ3v) is 4.74. The second-order valence-electron chi connectivity index (χ2n) is 4.63. The van der Waals surface area contributed by atoms with Crippen LogP contribution < -0.4 is 11.1 Å². The Hall–Kier alpha value is -1.40. The maximum atomic E-state index is 6.44. The normalized spacial score (nSPS) is 10.7. The number of benzene rings is 2. The molecule has 1 heterocycles. The van der Waals surface area contributed by atoms with Gasteiger partial charge in [-0.25, -0.2) is 4.98 Å². The van der Waals surface area contributed by atoms with Crippen molar-refractivity contribution in [2.75, 3.05) is 5.32 Å². The Bertz CT molecular complexity index is 790. The number of thiazole rings is 1. The number of anilines is 2. The van der Waals surface area contributed by atoms with Gasteiger partial charge in [0.15, 0.2) is 5.13 Å². The van der Waals surface area contributed by atoms with Crippen LogP contribution in [0, 0.1) is 0 Å². The molecule has 3 nitrogen and oxygen atoms in total. The zero-order valence-electron chi connectivity index (χ0n) is 11.5. The standard InChI is InChI=1S/C16H13BrClN3S/c17-11-4-5-14(21-16-20-6-7-22-16)12(8-11)15-10(9-19)2-1-3-13(15)18/h1-8H,9,19H2,(H,20,21). The van der Waals surface area contributed by atoms with Crippen LogP contribution in [0.4, 0.5) is 10.8 Å². The van der Waals surface area contributed by atoms with E-state index < -0.39 is 0 Å². The number of nitrogens with zero attached hydrogens (tertiary/aromatic N) is 1. The van der Waals surface area contributed by atoms with Crippen molar-refractivity contribution in [3.05, 3.63) is 63.0 Å². The van der Waals surface area contributed by atoms with E-state index in [1.165, 1.54) is 0 Å². The lowest BCUT2D eigenvalue weighted by atomic mass is 9.98. The minimum absolute atomic E-state index is 0.430. The Morgan fingerprint density at radius 1 is 1.27 bits per heavy atom. The van der Waals surface area contributed by atoms with Crippen molar-refractivity contribution in [1.82, 2.24) is 4.98 Å². The van der Waals surface area contributed by atoms with Gasteiger partial charge in [-0.3, -0.25) is 0 Å². The molecular formula is C16H13BrClN3S. The van der Waals surface area contributed by atoms with Crippen molar-refractivity contribution in [3.8, 4) is 11.1 Å². The molecule has 0 bridgehead atoms. The zero-order valence-corrected chi connectivity index (χ0v) is 14.7. The number of halogens is 2. The summed E-state index contributed by atoms with van der Waals surface area (Å²) in [6, 6.07) is 11.8. The summed E-state index contributed by atoms with van der Waals surface area (Å²) in [7, 11) is 0. The molecule has 0 fully saturated rings. The summed E-state index contributed by atoms with van der Waals surface area (Å²) in [5.74, 6) is 0. The Balaban J connectivity index is 2.16. The SMILES string of the molecule is NCc1cccc(Cl)c1-c1cc(Br)ccc1Nc1nccs1. The predicted molar refractivity (Wildman–Crippen MR) is 97.9 cm³/mol. The molecule has 112 valence electrons. The number of aromatic nitrogens is 1. The molecule has 0 saturated carbocycles. The Morgan fingerprint density at radius 2 is 2.14 bits per heavy atom. The molecule has 0 aliphatic heterocycles.